The molecule has 4 aliphatic carbocycles. The maximum Gasteiger partial charge on any atom is 0.253 e. The highest BCUT2D eigenvalue weighted by Gasteiger charge is 2.66. The van der Waals surface area contributed by atoms with Gasteiger partial charge in [-0.2, -0.15) is 4.99 Å². The first-order valence-electron chi connectivity index (χ1n) is 11.7. The molecule has 32 heavy (non-hydrogen) atoms. The second-order valence-corrected chi connectivity index (χ2v) is 12.6. The Bertz CT molecular complexity index is 1110. The average Bonchev–Trinajstić information content (AvgIpc) is 2.80. The fourth-order valence-corrected chi connectivity index (χ4v) is 8.96. The number of hydrogen-bond acceptors (Lipinski definition) is 2. The highest BCUT2D eigenvalue weighted by molar-refractivity contribution is 6.32. The van der Waals surface area contributed by atoms with Gasteiger partial charge in [-0.3, -0.25) is 4.79 Å². The smallest absolute Gasteiger partial charge is 0.253 e. The van der Waals surface area contributed by atoms with Crippen LogP contribution in [0, 0.1) is 21.7 Å². The number of hydrogen-bond donors (Lipinski definition) is 0. The Morgan fingerprint density at radius 2 is 1.59 bits per heavy atom. The summed E-state index contributed by atoms with van der Waals surface area (Å²) in [5.41, 5.74) is 2.41. The van der Waals surface area contributed by atoms with Gasteiger partial charge in [0.2, 0.25) is 0 Å². The van der Waals surface area contributed by atoms with Crippen LogP contribution in [0.5, 0.6) is 0 Å². The van der Waals surface area contributed by atoms with E-state index in [1.807, 2.05) is 41.5 Å². The molecular weight excluding hydrogens is 418 g/mol. The Labute approximate surface area is 195 Å². The van der Waals surface area contributed by atoms with E-state index < -0.39 is 0 Å². The zero-order chi connectivity index (χ0) is 22.4. The van der Waals surface area contributed by atoms with E-state index in [1.54, 1.807) is 0 Å². The molecule has 4 nitrogen and oxygen atoms in total. The van der Waals surface area contributed by atoms with E-state index in [9.17, 15) is 4.79 Å². The summed E-state index contributed by atoms with van der Waals surface area (Å²) >= 11 is 6.25. The molecule has 0 unspecified atom stereocenters. The van der Waals surface area contributed by atoms with Crippen LogP contribution >= 0.6 is 11.6 Å². The molecule has 166 valence electrons. The quantitative estimate of drug-likeness (QED) is 0.513. The Morgan fingerprint density at radius 1 is 0.969 bits per heavy atom. The summed E-state index contributed by atoms with van der Waals surface area (Å²) in [4.78, 5) is 25.7. The van der Waals surface area contributed by atoms with Gasteiger partial charge < -0.3 is 4.90 Å². The molecule has 2 heterocycles. The van der Waals surface area contributed by atoms with Gasteiger partial charge in [-0.25, -0.2) is 4.99 Å². The van der Waals surface area contributed by atoms with E-state index >= 15 is 0 Å². The largest absolute Gasteiger partial charge is 0.327 e. The highest BCUT2D eigenvalue weighted by atomic mass is 35.5. The van der Waals surface area contributed by atoms with E-state index in [0.29, 0.717) is 17.4 Å². The third kappa shape index (κ3) is 3.14. The van der Waals surface area contributed by atoms with Crippen molar-refractivity contribution in [1.82, 2.24) is 4.90 Å². The van der Waals surface area contributed by atoms with Crippen LogP contribution in [0.2, 0.25) is 0 Å². The number of fused-ring (bicyclic) bond motifs is 2. The molecular formula is C27H30ClN3O. The molecule has 4 saturated carbocycles. The molecule has 0 spiro atoms. The lowest BCUT2D eigenvalue weighted by Gasteiger charge is -2.68. The van der Waals surface area contributed by atoms with Crippen molar-refractivity contribution in [3.63, 3.8) is 0 Å². The molecule has 1 amide bonds. The first-order chi connectivity index (χ1) is 15.1. The Kier molecular flexibility index (Phi) is 4.11. The third-order valence-electron chi connectivity index (χ3n) is 8.30. The number of benzene rings is 1. The highest BCUT2D eigenvalue weighted by Crippen LogP contribution is 2.73. The molecule has 7 rings (SSSR count). The molecule has 4 fully saturated rings. The Hall–Kier alpha value is -2.20. The monoisotopic (exact) mass is 447 g/mol. The van der Waals surface area contributed by atoms with E-state index in [1.165, 1.54) is 19.3 Å². The lowest BCUT2D eigenvalue weighted by Crippen LogP contribution is -2.60. The van der Waals surface area contributed by atoms with Crippen molar-refractivity contribution in [2.45, 2.75) is 65.8 Å². The standard InChI is InChI=1S/C27H30ClN3O/c1-24-12-25(2)14-26(3,13-24)17-27(15-24,16-25)23(32)30-22-20-7-5-4-6-18(20)10-31-11-19(28)8-9-21(31)29-22/h4-9,11H,10,12-17H2,1-3H3. The molecule has 2 aliphatic heterocycles. The average molecular weight is 448 g/mol. The van der Waals surface area contributed by atoms with Crippen molar-refractivity contribution in [2.75, 3.05) is 0 Å². The molecule has 0 radical (unpaired) electrons. The van der Waals surface area contributed by atoms with Gasteiger partial charge in [0.25, 0.3) is 5.91 Å². The minimum Gasteiger partial charge on any atom is -0.327 e. The van der Waals surface area contributed by atoms with Crippen LogP contribution in [-0.2, 0) is 11.3 Å². The molecule has 0 atom stereocenters. The van der Waals surface area contributed by atoms with Gasteiger partial charge in [0, 0.05) is 18.3 Å². The molecule has 0 N–H and O–H groups in total. The predicted molar refractivity (Wildman–Crippen MR) is 128 cm³/mol. The molecule has 1 aromatic rings. The number of rotatable bonds is 1. The summed E-state index contributed by atoms with van der Waals surface area (Å²) in [6.07, 6.45) is 12.2. The molecule has 5 heteroatoms. The summed E-state index contributed by atoms with van der Waals surface area (Å²) in [6, 6.07) is 8.14. The van der Waals surface area contributed by atoms with Gasteiger partial charge in [-0.05, 0) is 72.5 Å². The summed E-state index contributed by atoms with van der Waals surface area (Å²) < 4.78 is 0. The number of halogens is 1. The number of nitrogens with zero attached hydrogens (tertiary/aromatic N) is 3. The van der Waals surface area contributed by atoms with Gasteiger partial charge in [0.1, 0.15) is 5.84 Å². The second kappa shape index (κ2) is 6.44. The Balaban J connectivity index is 1.45. The van der Waals surface area contributed by atoms with Crippen LogP contribution in [0.25, 0.3) is 0 Å². The number of aliphatic imine (C=N–C) groups is 2. The van der Waals surface area contributed by atoms with Gasteiger partial charge in [0.05, 0.1) is 10.4 Å². The summed E-state index contributed by atoms with van der Waals surface area (Å²) in [6.45, 7) is 7.86. The normalized spacial score (nSPS) is 40.5. The third-order valence-corrected chi connectivity index (χ3v) is 8.53. The maximum atomic E-state index is 14.0. The number of amidine groups is 2. The second-order valence-electron chi connectivity index (χ2n) is 12.1. The van der Waals surface area contributed by atoms with Crippen molar-refractivity contribution < 1.29 is 4.79 Å². The van der Waals surface area contributed by atoms with E-state index in [4.69, 9.17) is 21.6 Å². The zero-order valence-electron chi connectivity index (χ0n) is 19.1. The lowest BCUT2D eigenvalue weighted by atomic mass is 9.36. The fraction of sp³-hybridized carbons (Fsp3) is 0.519. The lowest BCUT2D eigenvalue weighted by molar-refractivity contribution is -0.189. The zero-order valence-corrected chi connectivity index (χ0v) is 19.9. The number of allylic oxidation sites excluding steroid dienone is 2. The van der Waals surface area contributed by atoms with Crippen molar-refractivity contribution >= 4 is 29.2 Å². The molecule has 4 bridgehead atoms. The molecule has 1 aromatic carbocycles. The van der Waals surface area contributed by atoms with Crippen molar-refractivity contribution in [1.29, 1.82) is 0 Å². The predicted octanol–water partition coefficient (Wildman–Crippen LogP) is 6.21. The topological polar surface area (TPSA) is 45.0 Å². The van der Waals surface area contributed by atoms with Crippen molar-refractivity contribution in [2.24, 2.45) is 31.6 Å². The maximum absolute atomic E-state index is 14.0. The molecule has 6 aliphatic rings. The number of amides is 1. The van der Waals surface area contributed by atoms with Crippen LogP contribution in [0.15, 0.2) is 57.6 Å². The summed E-state index contributed by atoms with van der Waals surface area (Å²) in [5.74, 6) is 1.35. The van der Waals surface area contributed by atoms with E-state index in [-0.39, 0.29) is 27.6 Å². The Morgan fingerprint density at radius 3 is 2.25 bits per heavy atom. The minimum atomic E-state index is -0.354. The van der Waals surface area contributed by atoms with Crippen molar-refractivity contribution in [3.05, 3.63) is 58.8 Å². The van der Waals surface area contributed by atoms with Gasteiger partial charge in [0.15, 0.2) is 5.84 Å². The summed E-state index contributed by atoms with van der Waals surface area (Å²) in [5, 5.41) is 0.668. The van der Waals surface area contributed by atoms with Crippen LogP contribution in [0.4, 0.5) is 0 Å². The van der Waals surface area contributed by atoms with Crippen LogP contribution in [-0.4, -0.2) is 22.5 Å². The van der Waals surface area contributed by atoms with Crippen LogP contribution < -0.4 is 0 Å². The first-order valence-corrected chi connectivity index (χ1v) is 12.1. The first kappa shape index (κ1) is 20.4. The van der Waals surface area contributed by atoms with E-state index in [0.717, 1.165) is 36.2 Å². The SMILES string of the molecule is CC12CC3(C)CC(C)(C1)CC(C(=O)N=C1N=C4C=CC(Cl)=CN4Cc4ccccc41)(C2)C3. The van der Waals surface area contributed by atoms with Gasteiger partial charge in [-0.15, -0.1) is 0 Å². The summed E-state index contributed by atoms with van der Waals surface area (Å²) in [7, 11) is 0. The van der Waals surface area contributed by atoms with Gasteiger partial charge >= 0.3 is 0 Å². The van der Waals surface area contributed by atoms with Crippen LogP contribution in [0.1, 0.15) is 70.4 Å². The molecule has 0 saturated heterocycles. The van der Waals surface area contributed by atoms with Gasteiger partial charge in [-0.1, -0.05) is 56.6 Å². The number of carbonyl (C=O) groups is 1. The van der Waals surface area contributed by atoms with Crippen molar-refractivity contribution in [3.8, 4) is 0 Å². The van der Waals surface area contributed by atoms with E-state index in [2.05, 4.69) is 26.8 Å². The van der Waals surface area contributed by atoms with Crippen LogP contribution in [0.3, 0.4) is 0 Å². The minimum absolute atomic E-state index is 0.0382. The number of carbonyl (C=O) groups excluding carboxylic acids is 1. The molecule has 0 aromatic heterocycles. The fourth-order valence-electron chi connectivity index (χ4n) is 8.78.